The van der Waals surface area contributed by atoms with Crippen LogP contribution < -0.4 is 9.39 Å². The van der Waals surface area contributed by atoms with E-state index in [0.29, 0.717) is 5.88 Å². The summed E-state index contributed by atoms with van der Waals surface area (Å²) in [6.45, 7) is 0. The highest BCUT2D eigenvalue weighted by Crippen LogP contribution is 2.12. The summed E-state index contributed by atoms with van der Waals surface area (Å²) >= 11 is 0. The van der Waals surface area contributed by atoms with Crippen molar-refractivity contribution in [3.8, 4) is 11.8 Å². The molecule has 0 amide bonds. The van der Waals surface area contributed by atoms with Gasteiger partial charge in [0.05, 0.1) is 7.11 Å². The van der Waals surface area contributed by atoms with E-state index in [1.165, 1.54) is 13.2 Å². The topological polar surface area (TPSA) is 71.8 Å². The Morgan fingerprint density at radius 3 is 2.58 bits per heavy atom. The van der Waals surface area contributed by atoms with Crippen molar-refractivity contribution in [1.82, 2.24) is 4.98 Å². The van der Waals surface area contributed by atoms with Gasteiger partial charge in [0.1, 0.15) is 0 Å². The molecule has 0 aromatic carbocycles. The van der Waals surface area contributed by atoms with Crippen molar-refractivity contribution in [2.24, 2.45) is 0 Å². The number of methoxy groups -OCH3 is 1. The van der Waals surface area contributed by atoms with Crippen LogP contribution in [0.2, 0.25) is 0 Å². The van der Waals surface area contributed by atoms with Crippen molar-refractivity contribution in [2.75, 3.05) is 7.11 Å². The molecule has 0 spiro atoms. The van der Waals surface area contributed by atoms with Gasteiger partial charge in [0.2, 0.25) is 11.8 Å². The first-order valence-corrected chi connectivity index (χ1v) is 3.26. The second kappa shape index (κ2) is 3.94. The lowest BCUT2D eigenvalue weighted by molar-refractivity contribution is 0.281. The molecule has 64 valence electrons. The molecule has 0 bridgehead atoms. The highest BCUT2D eigenvalue weighted by molar-refractivity contribution is 6.33. The molecule has 0 aliphatic heterocycles. The third-order valence-corrected chi connectivity index (χ3v) is 1.13. The standard InChI is InChI=1S/C6H8BNO4/c1-11-5-3-2-4-6(8-5)12-7(9)10/h2-4,9-10H,1H3. The van der Waals surface area contributed by atoms with E-state index in [1.54, 1.807) is 12.1 Å². The van der Waals surface area contributed by atoms with Gasteiger partial charge in [-0.2, -0.15) is 4.98 Å². The predicted octanol–water partition coefficient (Wildman–Crippen LogP) is -0.562. The molecule has 2 N–H and O–H groups in total. The Kier molecular flexibility index (Phi) is 2.90. The molecule has 0 atom stereocenters. The van der Waals surface area contributed by atoms with Gasteiger partial charge in [-0.05, 0) is 6.07 Å². The minimum atomic E-state index is -1.86. The Labute approximate surface area is 69.8 Å². The molecule has 0 radical (unpaired) electrons. The van der Waals surface area contributed by atoms with Crippen LogP contribution in [0.1, 0.15) is 0 Å². The number of ether oxygens (including phenoxy) is 1. The highest BCUT2D eigenvalue weighted by Gasteiger charge is 2.11. The van der Waals surface area contributed by atoms with E-state index in [0.717, 1.165) is 0 Å². The van der Waals surface area contributed by atoms with E-state index >= 15 is 0 Å². The summed E-state index contributed by atoms with van der Waals surface area (Å²) in [5.41, 5.74) is 0. The highest BCUT2D eigenvalue weighted by atomic mass is 16.6. The number of aromatic nitrogens is 1. The molecule has 0 saturated heterocycles. The Hall–Kier alpha value is -1.27. The zero-order valence-electron chi connectivity index (χ0n) is 6.47. The third kappa shape index (κ3) is 2.41. The van der Waals surface area contributed by atoms with E-state index in [4.69, 9.17) is 14.8 Å². The molecule has 1 heterocycles. The lowest BCUT2D eigenvalue weighted by Crippen LogP contribution is -2.21. The largest absolute Gasteiger partial charge is 0.708 e. The van der Waals surface area contributed by atoms with Gasteiger partial charge in [-0.15, -0.1) is 0 Å². The minimum Gasteiger partial charge on any atom is -0.498 e. The Bertz CT molecular complexity index is 255. The molecule has 1 rings (SSSR count). The maximum atomic E-state index is 8.42. The lowest BCUT2D eigenvalue weighted by atomic mass is 10.3. The van der Waals surface area contributed by atoms with Crippen LogP contribution in [0.25, 0.3) is 0 Å². The molecule has 0 saturated carbocycles. The van der Waals surface area contributed by atoms with Crippen LogP contribution in [-0.4, -0.2) is 29.5 Å². The smallest absolute Gasteiger partial charge is 0.498 e. The predicted molar refractivity (Wildman–Crippen MR) is 41.6 cm³/mol. The minimum absolute atomic E-state index is 0.101. The molecule has 5 nitrogen and oxygen atoms in total. The first-order chi connectivity index (χ1) is 5.72. The van der Waals surface area contributed by atoms with Gasteiger partial charge in [-0.1, -0.05) is 6.07 Å². The molecule has 0 unspecified atom stereocenters. The summed E-state index contributed by atoms with van der Waals surface area (Å²) in [4.78, 5) is 3.77. The van der Waals surface area contributed by atoms with Crippen LogP contribution in [0.15, 0.2) is 18.2 Å². The first-order valence-electron chi connectivity index (χ1n) is 3.26. The van der Waals surface area contributed by atoms with Crippen molar-refractivity contribution in [3.05, 3.63) is 18.2 Å². The average molecular weight is 169 g/mol. The van der Waals surface area contributed by atoms with Crippen molar-refractivity contribution in [3.63, 3.8) is 0 Å². The summed E-state index contributed by atoms with van der Waals surface area (Å²) < 4.78 is 9.26. The fourth-order valence-electron chi connectivity index (χ4n) is 0.683. The molecule has 0 fully saturated rings. The van der Waals surface area contributed by atoms with Crippen molar-refractivity contribution >= 4 is 7.32 Å². The van der Waals surface area contributed by atoms with Crippen LogP contribution in [0.4, 0.5) is 0 Å². The van der Waals surface area contributed by atoms with Gasteiger partial charge in [0.15, 0.2) is 0 Å². The SMILES string of the molecule is COc1cccc(OB(O)O)n1. The Morgan fingerprint density at radius 1 is 1.33 bits per heavy atom. The molecule has 1 aromatic rings. The zero-order valence-corrected chi connectivity index (χ0v) is 6.47. The lowest BCUT2D eigenvalue weighted by Gasteiger charge is -2.04. The Morgan fingerprint density at radius 2 is 2.00 bits per heavy atom. The fourth-order valence-corrected chi connectivity index (χ4v) is 0.683. The van der Waals surface area contributed by atoms with Crippen LogP contribution in [0.5, 0.6) is 11.8 Å². The zero-order chi connectivity index (χ0) is 8.97. The summed E-state index contributed by atoms with van der Waals surface area (Å²) in [5.74, 6) is 0.456. The molecule has 0 aliphatic carbocycles. The van der Waals surface area contributed by atoms with Gasteiger partial charge in [-0.3, -0.25) is 0 Å². The summed E-state index contributed by atoms with van der Waals surface area (Å²) in [6.07, 6.45) is 0. The Balaban J connectivity index is 2.72. The summed E-state index contributed by atoms with van der Waals surface area (Å²) in [7, 11) is -0.397. The van der Waals surface area contributed by atoms with Crippen molar-refractivity contribution < 1.29 is 19.4 Å². The van der Waals surface area contributed by atoms with Crippen LogP contribution in [0.3, 0.4) is 0 Å². The number of rotatable bonds is 3. The van der Waals surface area contributed by atoms with Crippen LogP contribution >= 0.6 is 0 Å². The van der Waals surface area contributed by atoms with E-state index in [-0.39, 0.29) is 5.88 Å². The normalized spacial score (nSPS) is 9.25. The van der Waals surface area contributed by atoms with E-state index in [9.17, 15) is 0 Å². The molecule has 1 aromatic heterocycles. The van der Waals surface area contributed by atoms with Gasteiger partial charge in [-0.25, -0.2) is 0 Å². The molecule has 0 aliphatic rings. The number of hydrogen-bond donors (Lipinski definition) is 2. The number of pyridine rings is 1. The van der Waals surface area contributed by atoms with E-state index in [2.05, 4.69) is 9.64 Å². The average Bonchev–Trinajstić information content (AvgIpc) is 2.03. The maximum absolute atomic E-state index is 8.42. The number of nitrogens with zero attached hydrogens (tertiary/aromatic N) is 1. The first kappa shape index (κ1) is 8.83. The van der Waals surface area contributed by atoms with Crippen LogP contribution in [-0.2, 0) is 0 Å². The van der Waals surface area contributed by atoms with Crippen molar-refractivity contribution in [2.45, 2.75) is 0 Å². The van der Waals surface area contributed by atoms with Crippen LogP contribution in [0, 0.1) is 0 Å². The molecular formula is C6H8BNO4. The monoisotopic (exact) mass is 169 g/mol. The second-order valence-electron chi connectivity index (χ2n) is 1.96. The second-order valence-corrected chi connectivity index (χ2v) is 1.96. The molecule has 12 heavy (non-hydrogen) atoms. The summed E-state index contributed by atoms with van der Waals surface area (Å²) in [6, 6.07) is 4.74. The van der Waals surface area contributed by atoms with Gasteiger partial charge >= 0.3 is 7.32 Å². The third-order valence-electron chi connectivity index (χ3n) is 1.13. The number of hydrogen-bond acceptors (Lipinski definition) is 5. The molecule has 6 heteroatoms. The van der Waals surface area contributed by atoms with Gasteiger partial charge in [0, 0.05) is 6.07 Å². The van der Waals surface area contributed by atoms with Gasteiger partial charge in [0.25, 0.3) is 0 Å². The summed E-state index contributed by atoms with van der Waals surface area (Å²) in [5, 5.41) is 16.8. The van der Waals surface area contributed by atoms with Crippen molar-refractivity contribution in [1.29, 1.82) is 0 Å². The van der Waals surface area contributed by atoms with E-state index < -0.39 is 7.32 Å². The maximum Gasteiger partial charge on any atom is 0.708 e. The van der Waals surface area contributed by atoms with Gasteiger partial charge < -0.3 is 19.4 Å². The fraction of sp³-hybridized carbons (Fsp3) is 0.167. The quantitative estimate of drug-likeness (QED) is 0.593. The molecular weight excluding hydrogens is 161 g/mol. The van der Waals surface area contributed by atoms with E-state index in [1.807, 2.05) is 0 Å².